The van der Waals surface area contributed by atoms with Crippen molar-refractivity contribution in [3.63, 3.8) is 0 Å². The fourth-order valence-electron chi connectivity index (χ4n) is 1.75. The molecule has 0 bridgehead atoms. The molecule has 8 heteroatoms. The van der Waals surface area contributed by atoms with Crippen LogP contribution in [0, 0.1) is 0 Å². The van der Waals surface area contributed by atoms with Gasteiger partial charge in [-0.1, -0.05) is 13.3 Å². The molecular formula is C13H16N4O3S. The summed E-state index contributed by atoms with van der Waals surface area (Å²) >= 11 is 1.36. The van der Waals surface area contributed by atoms with Crippen molar-refractivity contribution in [3.8, 4) is 0 Å². The highest BCUT2D eigenvalue weighted by Gasteiger charge is 2.11. The summed E-state index contributed by atoms with van der Waals surface area (Å²) in [5.41, 5.74) is -0.289. The topological polar surface area (TPSA) is 93.1 Å². The Kier molecular flexibility index (Phi) is 5.04. The summed E-state index contributed by atoms with van der Waals surface area (Å²) in [6.45, 7) is 2.28. The summed E-state index contributed by atoms with van der Waals surface area (Å²) in [6.07, 6.45) is 3.12. The summed E-state index contributed by atoms with van der Waals surface area (Å²) in [7, 11) is 0. The van der Waals surface area contributed by atoms with Crippen LogP contribution in [-0.4, -0.2) is 28.0 Å². The van der Waals surface area contributed by atoms with Crippen molar-refractivity contribution >= 4 is 33.5 Å². The Morgan fingerprint density at radius 1 is 1.43 bits per heavy atom. The van der Waals surface area contributed by atoms with E-state index >= 15 is 0 Å². The van der Waals surface area contributed by atoms with Crippen LogP contribution in [0.3, 0.4) is 0 Å². The van der Waals surface area contributed by atoms with Gasteiger partial charge in [-0.2, -0.15) is 0 Å². The minimum absolute atomic E-state index is 0.237. The highest BCUT2D eigenvalue weighted by Crippen LogP contribution is 2.12. The predicted molar refractivity (Wildman–Crippen MR) is 80.3 cm³/mol. The van der Waals surface area contributed by atoms with Gasteiger partial charge >= 0.3 is 6.03 Å². The van der Waals surface area contributed by atoms with E-state index in [2.05, 4.69) is 15.6 Å². The molecule has 0 spiro atoms. The van der Waals surface area contributed by atoms with Gasteiger partial charge in [-0.15, -0.1) is 11.3 Å². The Morgan fingerprint density at radius 2 is 2.24 bits per heavy atom. The van der Waals surface area contributed by atoms with Crippen molar-refractivity contribution in [2.24, 2.45) is 0 Å². The standard InChI is InChI=1S/C13H16N4O3S/c1-2-3-5-14-13(20)16-10(18)7-17-8-15-11-9(12(17)19)4-6-21-11/h4,6,8H,2-3,5,7H2,1H3,(H2,14,16,18,20). The first-order chi connectivity index (χ1) is 10.1. The van der Waals surface area contributed by atoms with Crippen LogP contribution in [-0.2, 0) is 11.3 Å². The molecule has 0 aliphatic rings. The molecule has 0 unspecified atom stereocenters. The third-order valence-electron chi connectivity index (χ3n) is 2.83. The Labute approximate surface area is 125 Å². The van der Waals surface area contributed by atoms with E-state index in [1.165, 1.54) is 22.2 Å². The van der Waals surface area contributed by atoms with E-state index in [0.29, 0.717) is 16.8 Å². The van der Waals surface area contributed by atoms with Gasteiger partial charge in [0, 0.05) is 6.54 Å². The second-order valence-electron chi connectivity index (χ2n) is 4.47. The Hall–Kier alpha value is -2.22. The zero-order valence-electron chi connectivity index (χ0n) is 11.6. The Morgan fingerprint density at radius 3 is 3.00 bits per heavy atom. The molecule has 2 N–H and O–H groups in total. The van der Waals surface area contributed by atoms with Crippen molar-refractivity contribution in [2.75, 3.05) is 6.54 Å². The molecule has 0 aliphatic heterocycles. The minimum atomic E-state index is -0.553. The lowest BCUT2D eigenvalue weighted by Gasteiger charge is -2.07. The normalized spacial score (nSPS) is 10.5. The molecule has 3 amide bonds. The maximum absolute atomic E-state index is 12.1. The van der Waals surface area contributed by atoms with Gasteiger partial charge in [0.1, 0.15) is 11.4 Å². The number of nitrogens with one attached hydrogen (secondary N) is 2. The summed E-state index contributed by atoms with van der Waals surface area (Å²) in [5.74, 6) is -0.553. The molecular weight excluding hydrogens is 292 g/mol. The lowest BCUT2D eigenvalue weighted by atomic mass is 10.3. The quantitative estimate of drug-likeness (QED) is 0.808. The molecule has 0 aromatic carbocycles. The Bertz CT molecular complexity index is 707. The van der Waals surface area contributed by atoms with Gasteiger partial charge in [0.15, 0.2) is 0 Å². The summed E-state index contributed by atoms with van der Waals surface area (Å²) in [4.78, 5) is 40.0. The van der Waals surface area contributed by atoms with Crippen LogP contribution >= 0.6 is 11.3 Å². The van der Waals surface area contributed by atoms with Gasteiger partial charge in [-0.05, 0) is 17.9 Å². The molecule has 0 radical (unpaired) electrons. The van der Waals surface area contributed by atoms with E-state index in [1.807, 2.05) is 6.92 Å². The lowest BCUT2D eigenvalue weighted by molar-refractivity contribution is -0.120. The largest absolute Gasteiger partial charge is 0.338 e. The molecule has 0 saturated heterocycles. The number of hydrogen-bond acceptors (Lipinski definition) is 5. The van der Waals surface area contributed by atoms with Crippen LogP contribution in [0.1, 0.15) is 19.8 Å². The molecule has 112 valence electrons. The second-order valence-corrected chi connectivity index (χ2v) is 5.37. The van der Waals surface area contributed by atoms with E-state index in [-0.39, 0.29) is 12.1 Å². The van der Waals surface area contributed by atoms with Gasteiger partial charge < -0.3 is 5.32 Å². The summed E-state index contributed by atoms with van der Waals surface area (Å²) in [5, 5.41) is 6.99. The molecule has 7 nitrogen and oxygen atoms in total. The number of nitrogens with zero attached hydrogens (tertiary/aromatic N) is 2. The highest BCUT2D eigenvalue weighted by molar-refractivity contribution is 7.16. The number of rotatable bonds is 5. The van der Waals surface area contributed by atoms with Crippen LogP contribution in [0.25, 0.3) is 10.2 Å². The zero-order valence-corrected chi connectivity index (χ0v) is 12.4. The van der Waals surface area contributed by atoms with Crippen molar-refractivity contribution in [3.05, 3.63) is 28.1 Å². The van der Waals surface area contributed by atoms with E-state index in [0.717, 1.165) is 12.8 Å². The van der Waals surface area contributed by atoms with Crippen molar-refractivity contribution in [1.29, 1.82) is 0 Å². The zero-order chi connectivity index (χ0) is 15.2. The monoisotopic (exact) mass is 308 g/mol. The third kappa shape index (κ3) is 3.88. The number of hydrogen-bond donors (Lipinski definition) is 2. The van der Waals surface area contributed by atoms with Crippen LogP contribution in [0.15, 0.2) is 22.6 Å². The first-order valence-corrected chi connectivity index (χ1v) is 7.50. The fraction of sp³-hybridized carbons (Fsp3) is 0.385. The minimum Gasteiger partial charge on any atom is -0.338 e. The molecule has 0 saturated carbocycles. The number of thiophene rings is 1. The number of carbonyl (C=O) groups is 2. The molecule has 21 heavy (non-hydrogen) atoms. The average Bonchev–Trinajstić information content (AvgIpc) is 2.91. The van der Waals surface area contributed by atoms with Gasteiger partial charge in [0.05, 0.1) is 11.7 Å². The highest BCUT2D eigenvalue weighted by atomic mass is 32.1. The van der Waals surface area contributed by atoms with E-state index in [4.69, 9.17) is 0 Å². The second kappa shape index (κ2) is 6.98. The van der Waals surface area contributed by atoms with Gasteiger partial charge in [-0.25, -0.2) is 9.78 Å². The molecule has 0 aliphatic carbocycles. The van der Waals surface area contributed by atoms with Crippen LogP contribution in [0.5, 0.6) is 0 Å². The molecule has 0 fully saturated rings. The summed E-state index contributed by atoms with van der Waals surface area (Å²) < 4.78 is 1.18. The number of fused-ring (bicyclic) bond motifs is 1. The van der Waals surface area contributed by atoms with Gasteiger partial charge in [-0.3, -0.25) is 19.5 Å². The number of unbranched alkanes of at least 4 members (excludes halogenated alkanes) is 1. The molecule has 0 atom stereocenters. The third-order valence-corrected chi connectivity index (χ3v) is 3.65. The number of aromatic nitrogens is 2. The van der Waals surface area contributed by atoms with Gasteiger partial charge in [0.2, 0.25) is 5.91 Å². The van der Waals surface area contributed by atoms with Crippen LogP contribution in [0.2, 0.25) is 0 Å². The Balaban J connectivity index is 1.96. The smallest absolute Gasteiger partial charge is 0.321 e. The SMILES string of the molecule is CCCCNC(=O)NC(=O)Cn1cnc2sccc2c1=O. The van der Waals surface area contributed by atoms with Crippen LogP contribution < -0.4 is 16.2 Å². The lowest BCUT2D eigenvalue weighted by Crippen LogP contribution is -2.42. The molecule has 2 aromatic rings. The number of imide groups is 1. The average molecular weight is 308 g/mol. The van der Waals surface area contributed by atoms with Gasteiger partial charge in [0.25, 0.3) is 5.56 Å². The summed E-state index contributed by atoms with van der Waals surface area (Å²) in [6, 6.07) is 1.12. The van der Waals surface area contributed by atoms with E-state index in [9.17, 15) is 14.4 Å². The van der Waals surface area contributed by atoms with E-state index in [1.54, 1.807) is 11.4 Å². The van der Waals surface area contributed by atoms with Crippen LogP contribution in [0.4, 0.5) is 4.79 Å². The van der Waals surface area contributed by atoms with Crippen molar-refractivity contribution in [2.45, 2.75) is 26.3 Å². The number of amides is 3. The molecule has 2 rings (SSSR count). The van der Waals surface area contributed by atoms with Crippen molar-refractivity contribution in [1.82, 2.24) is 20.2 Å². The molecule has 2 aromatic heterocycles. The fourth-order valence-corrected chi connectivity index (χ4v) is 2.47. The van der Waals surface area contributed by atoms with E-state index < -0.39 is 11.9 Å². The maximum atomic E-state index is 12.1. The predicted octanol–water partition coefficient (Wildman–Crippen LogP) is 1.08. The number of carbonyl (C=O) groups excluding carboxylic acids is 2. The van der Waals surface area contributed by atoms with Crippen molar-refractivity contribution < 1.29 is 9.59 Å². The maximum Gasteiger partial charge on any atom is 0.321 e. The molecule has 2 heterocycles. The first-order valence-electron chi connectivity index (χ1n) is 6.62. The first kappa shape index (κ1) is 15.2. The number of urea groups is 1.